The van der Waals surface area contributed by atoms with E-state index in [-0.39, 0.29) is 0 Å². The fraction of sp³-hybridized carbons (Fsp3) is 0.250. The number of hydrazone groups is 1. The van der Waals surface area contributed by atoms with Crippen molar-refractivity contribution in [3.05, 3.63) is 12.3 Å². The van der Waals surface area contributed by atoms with E-state index in [4.69, 9.17) is 5.84 Å². The number of allylic oxidation sites excluding steroid dienone is 1. The van der Waals surface area contributed by atoms with E-state index in [9.17, 15) is 0 Å². The molecule has 0 aliphatic carbocycles. The van der Waals surface area contributed by atoms with E-state index in [1.807, 2.05) is 18.5 Å². The molecule has 0 atom stereocenters. The zero-order chi connectivity index (χ0) is 4.41. The van der Waals surface area contributed by atoms with Gasteiger partial charge in [0.2, 0.25) is 0 Å². The Labute approximate surface area is 36.6 Å². The zero-order valence-corrected chi connectivity index (χ0v) is 3.46. The molecule has 0 radical (unpaired) electrons. The highest BCUT2D eigenvalue weighted by molar-refractivity contribution is 5.55. The number of nitrogens with two attached hydrogens (primary N) is 1. The quantitative estimate of drug-likeness (QED) is 0.320. The molecular weight excluding hydrogens is 76.1 g/mol. The number of hydrazine groups is 1. The molecule has 0 aromatic heterocycles. The topological polar surface area (TPSA) is 29.0 Å². The van der Waals surface area contributed by atoms with Gasteiger partial charge in [-0.2, -0.15) is 0 Å². The normalized spacial score (nSPS) is 18.3. The SMILES string of the molecule is N[N+]1=CCC=C1. The largest absolute Gasteiger partial charge is 0.206 e. The fourth-order valence-electron chi connectivity index (χ4n) is 0.426. The summed E-state index contributed by atoms with van der Waals surface area (Å²) in [6.45, 7) is 0. The summed E-state index contributed by atoms with van der Waals surface area (Å²) in [5.74, 6) is 5.23. The molecule has 1 aliphatic rings. The summed E-state index contributed by atoms with van der Waals surface area (Å²) in [6.07, 6.45) is 6.72. The Balaban J connectivity index is 2.68. The molecule has 2 N–H and O–H groups in total. The average Bonchev–Trinajstić information content (AvgIpc) is 1.86. The first kappa shape index (κ1) is 3.40. The van der Waals surface area contributed by atoms with Crippen molar-refractivity contribution in [3.63, 3.8) is 0 Å². The van der Waals surface area contributed by atoms with Crippen molar-refractivity contribution in [2.75, 3.05) is 0 Å². The lowest BCUT2D eigenvalue weighted by Gasteiger charge is -1.69. The third-order valence-corrected chi connectivity index (χ3v) is 0.730. The maximum atomic E-state index is 5.23. The summed E-state index contributed by atoms with van der Waals surface area (Å²) in [6, 6.07) is 0. The predicted octanol–water partition coefficient (Wildman–Crippen LogP) is -0.139. The van der Waals surface area contributed by atoms with E-state index in [0.29, 0.717) is 0 Å². The first-order valence-electron chi connectivity index (χ1n) is 1.92. The molecule has 2 nitrogen and oxygen atoms in total. The Kier molecular flexibility index (Phi) is 0.638. The molecule has 0 unspecified atom stereocenters. The summed E-state index contributed by atoms with van der Waals surface area (Å²) in [5.41, 5.74) is 0. The van der Waals surface area contributed by atoms with Crippen LogP contribution in [0.1, 0.15) is 6.42 Å². The molecule has 0 saturated heterocycles. The first-order chi connectivity index (χ1) is 2.89. The van der Waals surface area contributed by atoms with Crippen molar-refractivity contribution in [1.29, 1.82) is 0 Å². The second-order valence-electron chi connectivity index (χ2n) is 1.25. The Hall–Kier alpha value is -0.790. The van der Waals surface area contributed by atoms with Crippen LogP contribution in [0.5, 0.6) is 0 Å². The van der Waals surface area contributed by atoms with Crippen LogP contribution < -0.4 is 5.84 Å². The monoisotopic (exact) mass is 83.1 g/mol. The Morgan fingerprint density at radius 3 is 2.67 bits per heavy atom. The minimum atomic E-state index is 0.983. The molecule has 6 heavy (non-hydrogen) atoms. The highest BCUT2D eigenvalue weighted by atomic mass is 15.3. The number of hydrogen-bond acceptors (Lipinski definition) is 1. The Bertz CT molecular complexity index is 99.4. The standard InChI is InChI=1S/C4H7N2/c5-6-3-1-2-4-6/h1,3-4H,2,5H2/q+1. The van der Waals surface area contributed by atoms with Gasteiger partial charge in [0.15, 0.2) is 12.4 Å². The summed E-state index contributed by atoms with van der Waals surface area (Å²) < 4.78 is 1.56. The van der Waals surface area contributed by atoms with Crippen molar-refractivity contribution in [1.82, 2.24) is 0 Å². The van der Waals surface area contributed by atoms with Gasteiger partial charge in [-0.15, -0.1) is 0 Å². The maximum Gasteiger partial charge on any atom is 0.195 e. The minimum Gasteiger partial charge on any atom is -0.206 e. The molecule has 32 valence electrons. The Morgan fingerprint density at radius 1 is 1.67 bits per heavy atom. The molecule has 0 spiro atoms. The van der Waals surface area contributed by atoms with Crippen molar-refractivity contribution >= 4 is 6.21 Å². The van der Waals surface area contributed by atoms with Gasteiger partial charge in [0.05, 0.1) is 6.42 Å². The molecule has 0 bridgehead atoms. The predicted molar refractivity (Wildman–Crippen MR) is 24.3 cm³/mol. The van der Waals surface area contributed by atoms with Crippen LogP contribution in [0.25, 0.3) is 0 Å². The molecule has 0 amide bonds. The molecule has 0 fully saturated rings. The van der Waals surface area contributed by atoms with Gasteiger partial charge >= 0.3 is 0 Å². The van der Waals surface area contributed by atoms with E-state index in [0.717, 1.165) is 6.42 Å². The molecule has 1 rings (SSSR count). The smallest absolute Gasteiger partial charge is 0.195 e. The molecular formula is C4H7N2+. The highest BCUT2D eigenvalue weighted by Gasteiger charge is 1.93. The van der Waals surface area contributed by atoms with Crippen LogP contribution in [0.4, 0.5) is 0 Å². The maximum absolute atomic E-state index is 5.23. The third kappa shape index (κ3) is 0.407. The summed E-state index contributed by atoms with van der Waals surface area (Å²) >= 11 is 0. The minimum absolute atomic E-state index is 0.983. The number of nitrogens with zero attached hydrogens (tertiary/aromatic N) is 1. The van der Waals surface area contributed by atoms with Crippen LogP contribution in [0.2, 0.25) is 0 Å². The number of hydrogen-bond donors (Lipinski definition) is 1. The highest BCUT2D eigenvalue weighted by Crippen LogP contribution is 1.83. The van der Waals surface area contributed by atoms with Crippen molar-refractivity contribution in [3.8, 4) is 0 Å². The first-order valence-corrected chi connectivity index (χ1v) is 1.92. The van der Waals surface area contributed by atoms with Gasteiger partial charge < -0.3 is 0 Å². The van der Waals surface area contributed by atoms with Crippen LogP contribution in [-0.2, 0) is 0 Å². The van der Waals surface area contributed by atoms with E-state index >= 15 is 0 Å². The molecule has 1 heterocycles. The van der Waals surface area contributed by atoms with Gasteiger partial charge in [0, 0.05) is 0 Å². The van der Waals surface area contributed by atoms with E-state index in [2.05, 4.69) is 0 Å². The molecule has 1 aliphatic heterocycles. The van der Waals surface area contributed by atoms with Crippen LogP contribution in [-0.4, -0.2) is 10.9 Å². The molecule has 0 saturated carbocycles. The average molecular weight is 83.1 g/mol. The lowest BCUT2D eigenvalue weighted by Crippen LogP contribution is -2.09. The van der Waals surface area contributed by atoms with Crippen LogP contribution in [0, 0.1) is 0 Å². The van der Waals surface area contributed by atoms with Gasteiger partial charge in [0.25, 0.3) is 0 Å². The second kappa shape index (κ2) is 1.12. The van der Waals surface area contributed by atoms with Crippen molar-refractivity contribution < 1.29 is 4.68 Å². The lowest BCUT2D eigenvalue weighted by molar-refractivity contribution is -0.461. The van der Waals surface area contributed by atoms with E-state index in [1.54, 1.807) is 4.68 Å². The second-order valence-corrected chi connectivity index (χ2v) is 1.25. The molecule has 0 aromatic rings. The van der Waals surface area contributed by atoms with Gasteiger partial charge in [-0.1, -0.05) is 4.68 Å². The van der Waals surface area contributed by atoms with Gasteiger partial charge in [-0.3, -0.25) is 0 Å². The van der Waals surface area contributed by atoms with Crippen LogP contribution >= 0.6 is 0 Å². The van der Waals surface area contributed by atoms with Crippen LogP contribution in [0.3, 0.4) is 0 Å². The third-order valence-electron chi connectivity index (χ3n) is 0.730. The van der Waals surface area contributed by atoms with Gasteiger partial charge in [-0.05, 0) is 6.08 Å². The van der Waals surface area contributed by atoms with Crippen LogP contribution in [0.15, 0.2) is 12.3 Å². The fourth-order valence-corrected chi connectivity index (χ4v) is 0.426. The van der Waals surface area contributed by atoms with E-state index in [1.165, 1.54) is 0 Å². The lowest BCUT2D eigenvalue weighted by atomic mass is 10.5. The van der Waals surface area contributed by atoms with Gasteiger partial charge in [0.1, 0.15) is 0 Å². The molecule has 0 aromatic carbocycles. The van der Waals surface area contributed by atoms with Crippen molar-refractivity contribution in [2.24, 2.45) is 5.84 Å². The van der Waals surface area contributed by atoms with E-state index < -0.39 is 0 Å². The number of rotatable bonds is 0. The molecule has 2 heteroatoms. The summed E-state index contributed by atoms with van der Waals surface area (Å²) in [7, 11) is 0. The summed E-state index contributed by atoms with van der Waals surface area (Å²) in [5, 5.41) is 0. The Morgan fingerprint density at radius 2 is 2.50 bits per heavy atom. The summed E-state index contributed by atoms with van der Waals surface area (Å²) in [4.78, 5) is 0. The van der Waals surface area contributed by atoms with Crippen molar-refractivity contribution in [2.45, 2.75) is 6.42 Å². The zero-order valence-electron chi connectivity index (χ0n) is 3.46. The van der Waals surface area contributed by atoms with Gasteiger partial charge in [-0.25, -0.2) is 5.84 Å².